The number of benzene rings is 1. The molecule has 2 rings (SSSR count). The standard InChI is InChI=1S/C16H23N3O4/c1-16(2,3)23-15(20)18-10-12(11-18)9-17(4)13-5-7-14(8-6-13)19(21)22/h5-8,12H,9-11H2,1-4H3. The highest BCUT2D eigenvalue weighted by atomic mass is 16.6. The first kappa shape index (κ1) is 17.1. The molecule has 23 heavy (non-hydrogen) atoms. The van der Waals surface area contributed by atoms with E-state index in [1.165, 1.54) is 12.1 Å². The third kappa shape index (κ3) is 4.58. The zero-order chi connectivity index (χ0) is 17.2. The molecule has 1 aliphatic rings. The summed E-state index contributed by atoms with van der Waals surface area (Å²) in [6, 6.07) is 6.48. The number of nitro benzene ring substituents is 1. The van der Waals surface area contributed by atoms with Gasteiger partial charge in [0.2, 0.25) is 0 Å². The SMILES string of the molecule is CN(CC1CN(C(=O)OC(C)(C)C)C1)c1ccc([N+](=O)[O-])cc1. The Morgan fingerprint density at radius 2 is 1.91 bits per heavy atom. The third-order valence-corrected chi connectivity index (χ3v) is 3.64. The van der Waals surface area contributed by atoms with Crippen molar-refractivity contribution in [3.05, 3.63) is 34.4 Å². The zero-order valence-corrected chi connectivity index (χ0v) is 14.0. The first-order valence-electron chi connectivity index (χ1n) is 7.59. The number of anilines is 1. The van der Waals surface area contributed by atoms with Crippen molar-refractivity contribution in [1.82, 2.24) is 4.90 Å². The van der Waals surface area contributed by atoms with Gasteiger partial charge in [0.15, 0.2) is 0 Å². The average molecular weight is 321 g/mol. The van der Waals surface area contributed by atoms with Gasteiger partial charge >= 0.3 is 6.09 Å². The molecule has 126 valence electrons. The normalized spacial score (nSPS) is 15.0. The monoisotopic (exact) mass is 321 g/mol. The number of amides is 1. The van der Waals surface area contributed by atoms with Crippen LogP contribution in [0.25, 0.3) is 0 Å². The van der Waals surface area contributed by atoms with E-state index in [1.54, 1.807) is 17.0 Å². The summed E-state index contributed by atoms with van der Waals surface area (Å²) in [5.74, 6) is 0.378. The molecular weight excluding hydrogens is 298 g/mol. The van der Waals surface area contributed by atoms with Crippen molar-refractivity contribution in [3.8, 4) is 0 Å². The molecule has 0 bridgehead atoms. The summed E-state index contributed by atoms with van der Waals surface area (Å²) in [5.41, 5.74) is 0.533. The molecule has 0 spiro atoms. The quantitative estimate of drug-likeness (QED) is 0.629. The smallest absolute Gasteiger partial charge is 0.410 e. The number of hydrogen-bond acceptors (Lipinski definition) is 5. The Balaban J connectivity index is 1.81. The maximum Gasteiger partial charge on any atom is 0.410 e. The fourth-order valence-electron chi connectivity index (χ4n) is 2.48. The van der Waals surface area contributed by atoms with Crippen molar-refractivity contribution in [2.24, 2.45) is 5.92 Å². The van der Waals surface area contributed by atoms with E-state index in [1.807, 2.05) is 32.7 Å². The molecule has 1 amide bonds. The summed E-state index contributed by atoms with van der Waals surface area (Å²) in [6.07, 6.45) is -0.272. The van der Waals surface area contributed by atoms with Gasteiger partial charge < -0.3 is 14.5 Å². The molecule has 0 aromatic heterocycles. The van der Waals surface area contributed by atoms with E-state index in [0.29, 0.717) is 19.0 Å². The average Bonchev–Trinajstić information content (AvgIpc) is 2.40. The molecule has 0 N–H and O–H groups in total. The predicted molar refractivity (Wildman–Crippen MR) is 87.7 cm³/mol. The topological polar surface area (TPSA) is 75.9 Å². The van der Waals surface area contributed by atoms with Crippen LogP contribution in [0, 0.1) is 16.0 Å². The van der Waals surface area contributed by atoms with Crippen LogP contribution in [0.4, 0.5) is 16.2 Å². The largest absolute Gasteiger partial charge is 0.444 e. The number of non-ortho nitro benzene ring substituents is 1. The second kappa shape index (κ2) is 6.44. The van der Waals surface area contributed by atoms with E-state index in [2.05, 4.69) is 0 Å². The number of ether oxygens (including phenoxy) is 1. The van der Waals surface area contributed by atoms with Gasteiger partial charge in [0, 0.05) is 50.4 Å². The van der Waals surface area contributed by atoms with Crippen LogP contribution in [-0.4, -0.2) is 48.2 Å². The number of rotatable bonds is 4. The molecule has 1 aliphatic heterocycles. The lowest BCUT2D eigenvalue weighted by molar-refractivity contribution is -0.384. The van der Waals surface area contributed by atoms with Gasteiger partial charge in [-0.1, -0.05) is 0 Å². The van der Waals surface area contributed by atoms with Crippen LogP contribution in [0.3, 0.4) is 0 Å². The summed E-state index contributed by atoms with van der Waals surface area (Å²) in [4.78, 5) is 25.9. The van der Waals surface area contributed by atoms with E-state index in [0.717, 1.165) is 12.2 Å². The van der Waals surface area contributed by atoms with Crippen molar-refractivity contribution in [3.63, 3.8) is 0 Å². The minimum absolute atomic E-state index is 0.0851. The van der Waals surface area contributed by atoms with Crippen LogP contribution < -0.4 is 4.90 Å². The Bertz CT molecular complexity index is 574. The van der Waals surface area contributed by atoms with Crippen LogP contribution in [0.5, 0.6) is 0 Å². The van der Waals surface area contributed by atoms with Crippen molar-refractivity contribution in [1.29, 1.82) is 0 Å². The van der Waals surface area contributed by atoms with Crippen LogP contribution in [0.2, 0.25) is 0 Å². The highest BCUT2D eigenvalue weighted by Gasteiger charge is 2.34. The second-order valence-corrected chi connectivity index (χ2v) is 6.91. The Labute approximate surface area is 136 Å². The van der Waals surface area contributed by atoms with Crippen LogP contribution in [0.1, 0.15) is 20.8 Å². The number of carbonyl (C=O) groups excluding carboxylic acids is 1. The molecule has 7 nitrogen and oxygen atoms in total. The molecule has 1 saturated heterocycles. The Hall–Kier alpha value is -2.31. The summed E-state index contributed by atoms with van der Waals surface area (Å²) >= 11 is 0. The fraction of sp³-hybridized carbons (Fsp3) is 0.562. The Morgan fingerprint density at radius 3 is 2.39 bits per heavy atom. The number of hydrogen-bond donors (Lipinski definition) is 0. The minimum Gasteiger partial charge on any atom is -0.444 e. The molecular formula is C16H23N3O4. The van der Waals surface area contributed by atoms with Crippen LogP contribution >= 0.6 is 0 Å². The summed E-state index contributed by atoms with van der Waals surface area (Å²) in [7, 11) is 1.94. The highest BCUT2D eigenvalue weighted by Crippen LogP contribution is 2.23. The number of nitro groups is 1. The summed E-state index contributed by atoms with van der Waals surface area (Å²) in [5, 5.41) is 10.7. The van der Waals surface area contributed by atoms with Gasteiger partial charge in [-0.15, -0.1) is 0 Å². The lowest BCUT2D eigenvalue weighted by Crippen LogP contribution is -2.54. The van der Waals surface area contributed by atoms with E-state index >= 15 is 0 Å². The molecule has 1 aromatic rings. The lowest BCUT2D eigenvalue weighted by atomic mass is 10.00. The maximum atomic E-state index is 11.9. The van der Waals surface area contributed by atoms with Gasteiger partial charge in [-0.3, -0.25) is 10.1 Å². The highest BCUT2D eigenvalue weighted by molar-refractivity contribution is 5.69. The molecule has 0 saturated carbocycles. The third-order valence-electron chi connectivity index (χ3n) is 3.64. The number of likely N-dealkylation sites (tertiary alicyclic amines) is 1. The molecule has 0 aliphatic carbocycles. The molecule has 0 radical (unpaired) electrons. The van der Waals surface area contributed by atoms with Crippen molar-refractivity contribution >= 4 is 17.5 Å². The van der Waals surface area contributed by atoms with Crippen LogP contribution in [0.15, 0.2) is 24.3 Å². The maximum absolute atomic E-state index is 11.9. The summed E-state index contributed by atoms with van der Waals surface area (Å²) < 4.78 is 5.32. The van der Waals surface area contributed by atoms with Crippen molar-refractivity contribution in [2.45, 2.75) is 26.4 Å². The van der Waals surface area contributed by atoms with Crippen molar-refractivity contribution < 1.29 is 14.5 Å². The Kier molecular flexibility index (Phi) is 4.77. The van der Waals surface area contributed by atoms with E-state index in [4.69, 9.17) is 4.74 Å². The Morgan fingerprint density at radius 1 is 1.35 bits per heavy atom. The van der Waals surface area contributed by atoms with Gasteiger partial charge in [-0.2, -0.15) is 0 Å². The summed E-state index contributed by atoms with van der Waals surface area (Å²) in [6.45, 7) is 7.69. The molecule has 0 unspecified atom stereocenters. The first-order valence-corrected chi connectivity index (χ1v) is 7.59. The molecule has 1 aromatic carbocycles. The van der Waals surface area contributed by atoms with Crippen molar-refractivity contribution in [2.75, 3.05) is 31.6 Å². The van der Waals surface area contributed by atoms with E-state index < -0.39 is 10.5 Å². The van der Waals surface area contributed by atoms with Gasteiger partial charge in [-0.25, -0.2) is 4.79 Å². The van der Waals surface area contributed by atoms with Gasteiger partial charge in [0.25, 0.3) is 5.69 Å². The zero-order valence-electron chi connectivity index (χ0n) is 14.0. The molecule has 1 heterocycles. The molecule has 7 heteroatoms. The minimum atomic E-state index is -0.474. The van der Waals surface area contributed by atoms with Crippen LogP contribution in [-0.2, 0) is 4.74 Å². The van der Waals surface area contributed by atoms with Gasteiger partial charge in [-0.05, 0) is 32.9 Å². The van der Waals surface area contributed by atoms with E-state index in [9.17, 15) is 14.9 Å². The van der Waals surface area contributed by atoms with E-state index in [-0.39, 0.29) is 11.8 Å². The molecule has 1 fully saturated rings. The number of nitrogens with zero attached hydrogens (tertiary/aromatic N) is 3. The lowest BCUT2D eigenvalue weighted by Gasteiger charge is -2.41. The fourth-order valence-corrected chi connectivity index (χ4v) is 2.48. The van der Waals surface area contributed by atoms with Gasteiger partial charge in [0.1, 0.15) is 5.60 Å². The molecule has 0 atom stereocenters. The number of carbonyl (C=O) groups is 1. The van der Waals surface area contributed by atoms with Gasteiger partial charge in [0.05, 0.1) is 4.92 Å². The predicted octanol–water partition coefficient (Wildman–Crippen LogP) is 2.90. The second-order valence-electron chi connectivity index (χ2n) is 6.91. The first-order chi connectivity index (χ1) is 10.7.